The van der Waals surface area contributed by atoms with Crippen molar-refractivity contribution in [3.63, 3.8) is 0 Å². The van der Waals surface area contributed by atoms with E-state index in [2.05, 4.69) is 17.6 Å². The third-order valence-corrected chi connectivity index (χ3v) is 3.05. The number of carbonyl (C=O) groups excluding carboxylic acids is 2. The highest BCUT2D eigenvalue weighted by atomic mass is 16.2. The zero-order valence-electron chi connectivity index (χ0n) is 10.4. The summed E-state index contributed by atoms with van der Waals surface area (Å²) in [7, 11) is 0. The molecule has 1 saturated carbocycles. The summed E-state index contributed by atoms with van der Waals surface area (Å²) >= 11 is 0. The first-order valence-electron chi connectivity index (χ1n) is 6.12. The Morgan fingerprint density at radius 3 is 2.31 bits per heavy atom. The van der Waals surface area contributed by atoms with Gasteiger partial charge in [0.25, 0.3) is 0 Å². The number of hydrogen-bond acceptors (Lipinski definition) is 2. The Bertz CT molecular complexity index is 264. The van der Waals surface area contributed by atoms with E-state index in [-0.39, 0.29) is 12.1 Å². The molecule has 2 atom stereocenters. The van der Waals surface area contributed by atoms with Gasteiger partial charge in [0, 0.05) is 12.1 Å². The molecule has 1 aliphatic carbocycles. The third kappa shape index (κ3) is 3.83. The van der Waals surface area contributed by atoms with Gasteiger partial charge in [-0.2, -0.15) is 0 Å². The Morgan fingerprint density at radius 1 is 1.12 bits per heavy atom. The van der Waals surface area contributed by atoms with Crippen LogP contribution in [0.2, 0.25) is 0 Å². The van der Waals surface area contributed by atoms with E-state index in [0.29, 0.717) is 5.92 Å². The SMILES string of the molecule is CC(C)NC(=O)C(=O)NC1CCCCC1C. The maximum absolute atomic E-state index is 11.6. The first kappa shape index (κ1) is 13.0. The highest BCUT2D eigenvalue weighted by Crippen LogP contribution is 2.23. The van der Waals surface area contributed by atoms with Crippen LogP contribution in [0.3, 0.4) is 0 Å². The molecule has 1 fully saturated rings. The molecule has 2 N–H and O–H groups in total. The van der Waals surface area contributed by atoms with Gasteiger partial charge in [-0.25, -0.2) is 0 Å². The molecule has 0 aliphatic heterocycles. The minimum Gasteiger partial charge on any atom is -0.346 e. The largest absolute Gasteiger partial charge is 0.346 e. The van der Waals surface area contributed by atoms with Gasteiger partial charge < -0.3 is 10.6 Å². The third-order valence-electron chi connectivity index (χ3n) is 3.05. The van der Waals surface area contributed by atoms with Gasteiger partial charge in [-0.15, -0.1) is 0 Å². The zero-order valence-corrected chi connectivity index (χ0v) is 10.4. The van der Waals surface area contributed by atoms with E-state index < -0.39 is 11.8 Å². The molecule has 4 nitrogen and oxygen atoms in total. The van der Waals surface area contributed by atoms with Crippen molar-refractivity contribution in [1.29, 1.82) is 0 Å². The number of hydrogen-bond donors (Lipinski definition) is 2. The van der Waals surface area contributed by atoms with Crippen LogP contribution < -0.4 is 10.6 Å². The normalized spacial score (nSPS) is 25.2. The summed E-state index contributed by atoms with van der Waals surface area (Å²) in [5, 5.41) is 5.42. The Balaban J connectivity index is 2.40. The topological polar surface area (TPSA) is 58.2 Å². The van der Waals surface area contributed by atoms with Crippen molar-refractivity contribution in [2.45, 2.75) is 58.5 Å². The van der Waals surface area contributed by atoms with E-state index in [1.807, 2.05) is 13.8 Å². The number of carbonyl (C=O) groups is 2. The molecule has 0 heterocycles. The van der Waals surface area contributed by atoms with Gasteiger partial charge >= 0.3 is 11.8 Å². The van der Waals surface area contributed by atoms with Gasteiger partial charge in [-0.3, -0.25) is 9.59 Å². The molecule has 0 aromatic heterocycles. The minimum atomic E-state index is -0.521. The summed E-state index contributed by atoms with van der Waals surface area (Å²) in [6.45, 7) is 5.81. The van der Waals surface area contributed by atoms with E-state index in [1.165, 1.54) is 6.42 Å². The first-order valence-corrected chi connectivity index (χ1v) is 6.12. The van der Waals surface area contributed by atoms with Crippen LogP contribution in [0, 0.1) is 5.92 Å². The summed E-state index contributed by atoms with van der Waals surface area (Å²) in [5.74, 6) is -0.537. The Hall–Kier alpha value is -1.06. The van der Waals surface area contributed by atoms with Crippen LogP contribution in [0.4, 0.5) is 0 Å². The van der Waals surface area contributed by atoms with Crippen molar-refractivity contribution in [3.05, 3.63) is 0 Å². The van der Waals surface area contributed by atoms with Crippen LogP contribution in [-0.4, -0.2) is 23.9 Å². The second kappa shape index (κ2) is 5.87. The maximum atomic E-state index is 11.6. The average molecular weight is 226 g/mol. The molecule has 1 rings (SSSR count). The molecule has 0 aromatic rings. The minimum absolute atomic E-state index is 0.00188. The summed E-state index contributed by atoms with van der Waals surface area (Å²) in [5.41, 5.74) is 0. The van der Waals surface area contributed by atoms with Gasteiger partial charge in [0.2, 0.25) is 0 Å². The van der Waals surface area contributed by atoms with Crippen molar-refractivity contribution < 1.29 is 9.59 Å². The second-order valence-electron chi connectivity index (χ2n) is 4.97. The standard InChI is InChI=1S/C12H22N2O2/c1-8(2)13-11(15)12(16)14-10-7-5-4-6-9(10)3/h8-10H,4-7H2,1-3H3,(H,13,15)(H,14,16). The number of amides is 2. The average Bonchev–Trinajstić information content (AvgIpc) is 2.20. The first-order chi connectivity index (χ1) is 7.50. The van der Waals surface area contributed by atoms with Crippen molar-refractivity contribution in [2.75, 3.05) is 0 Å². The van der Waals surface area contributed by atoms with E-state index in [9.17, 15) is 9.59 Å². The van der Waals surface area contributed by atoms with Crippen LogP contribution in [0.15, 0.2) is 0 Å². The molecule has 16 heavy (non-hydrogen) atoms. The van der Waals surface area contributed by atoms with E-state index in [4.69, 9.17) is 0 Å². The van der Waals surface area contributed by atoms with Crippen molar-refractivity contribution >= 4 is 11.8 Å². The quantitative estimate of drug-likeness (QED) is 0.695. The van der Waals surface area contributed by atoms with Crippen LogP contribution in [0.1, 0.15) is 46.5 Å². The molecule has 4 heteroatoms. The Morgan fingerprint density at radius 2 is 1.75 bits per heavy atom. The lowest BCUT2D eigenvalue weighted by atomic mass is 9.86. The highest BCUT2D eigenvalue weighted by Gasteiger charge is 2.25. The Kier molecular flexibility index (Phi) is 4.77. The lowest BCUT2D eigenvalue weighted by molar-refractivity contribution is -0.140. The molecule has 0 radical (unpaired) electrons. The van der Waals surface area contributed by atoms with Gasteiger partial charge in [-0.1, -0.05) is 19.8 Å². The molecular weight excluding hydrogens is 204 g/mol. The molecule has 0 spiro atoms. The molecule has 2 unspecified atom stereocenters. The molecule has 2 amide bonds. The van der Waals surface area contributed by atoms with Crippen LogP contribution in [0.5, 0.6) is 0 Å². The summed E-state index contributed by atoms with van der Waals surface area (Å²) in [6.07, 6.45) is 4.49. The molecule has 0 saturated heterocycles. The maximum Gasteiger partial charge on any atom is 0.309 e. The summed E-state index contributed by atoms with van der Waals surface area (Å²) < 4.78 is 0. The predicted octanol–water partition coefficient (Wildman–Crippen LogP) is 1.21. The molecule has 0 bridgehead atoms. The van der Waals surface area contributed by atoms with Crippen LogP contribution in [-0.2, 0) is 9.59 Å². The summed E-state index contributed by atoms with van der Waals surface area (Å²) in [6, 6.07) is 0.168. The molecular formula is C12H22N2O2. The lowest BCUT2D eigenvalue weighted by Gasteiger charge is -2.29. The monoisotopic (exact) mass is 226 g/mol. The van der Waals surface area contributed by atoms with Crippen LogP contribution in [0.25, 0.3) is 0 Å². The van der Waals surface area contributed by atoms with Crippen molar-refractivity contribution in [3.8, 4) is 0 Å². The smallest absolute Gasteiger partial charge is 0.309 e. The van der Waals surface area contributed by atoms with Crippen LogP contribution >= 0.6 is 0 Å². The predicted molar refractivity (Wildman–Crippen MR) is 62.8 cm³/mol. The number of rotatable bonds is 2. The Labute approximate surface area is 97.2 Å². The fraction of sp³-hybridized carbons (Fsp3) is 0.833. The van der Waals surface area contributed by atoms with Gasteiger partial charge in [0.15, 0.2) is 0 Å². The van der Waals surface area contributed by atoms with Gasteiger partial charge in [-0.05, 0) is 32.6 Å². The molecule has 92 valence electrons. The second-order valence-corrected chi connectivity index (χ2v) is 4.97. The van der Waals surface area contributed by atoms with E-state index in [1.54, 1.807) is 0 Å². The zero-order chi connectivity index (χ0) is 12.1. The van der Waals surface area contributed by atoms with E-state index >= 15 is 0 Å². The van der Waals surface area contributed by atoms with Gasteiger partial charge in [0.05, 0.1) is 0 Å². The van der Waals surface area contributed by atoms with Crippen molar-refractivity contribution in [1.82, 2.24) is 10.6 Å². The summed E-state index contributed by atoms with van der Waals surface area (Å²) in [4.78, 5) is 23.0. The fourth-order valence-electron chi connectivity index (χ4n) is 2.09. The van der Waals surface area contributed by atoms with Gasteiger partial charge in [0.1, 0.15) is 0 Å². The highest BCUT2D eigenvalue weighted by molar-refractivity contribution is 6.35. The lowest BCUT2D eigenvalue weighted by Crippen LogP contribution is -2.49. The van der Waals surface area contributed by atoms with E-state index in [0.717, 1.165) is 19.3 Å². The van der Waals surface area contributed by atoms with Crippen molar-refractivity contribution in [2.24, 2.45) is 5.92 Å². The molecule has 0 aromatic carbocycles. The molecule has 1 aliphatic rings. The number of nitrogens with one attached hydrogen (secondary N) is 2. The fourth-order valence-corrected chi connectivity index (χ4v) is 2.09.